The molecule has 17 heavy (non-hydrogen) atoms. The van der Waals surface area contributed by atoms with E-state index in [9.17, 15) is 9.59 Å². The molecule has 0 aliphatic heterocycles. The Balaban J connectivity index is 4.06. The van der Waals surface area contributed by atoms with Gasteiger partial charge in [0.15, 0.2) is 0 Å². The summed E-state index contributed by atoms with van der Waals surface area (Å²) in [6.07, 6.45) is 7.36. The third-order valence-corrected chi connectivity index (χ3v) is 1.97. The van der Waals surface area contributed by atoms with E-state index in [0.717, 1.165) is 0 Å². The lowest BCUT2D eigenvalue weighted by Crippen LogP contribution is -2.19. The molecule has 0 aromatic carbocycles. The second-order valence-electron chi connectivity index (χ2n) is 3.33. The molecule has 0 bridgehead atoms. The molecule has 5 heteroatoms. The van der Waals surface area contributed by atoms with Crippen molar-refractivity contribution < 1.29 is 14.3 Å². The minimum atomic E-state index is -0.283. The van der Waals surface area contributed by atoms with Crippen molar-refractivity contribution in [3.63, 3.8) is 0 Å². The van der Waals surface area contributed by atoms with Crippen LogP contribution < -0.4 is 0 Å². The zero-order valence-corrected chi connectivity index (χ0v) is 9.67. The summed E-state index contributed by atoms with van der Waals surface area (Å²) in [5, 5.41) is 0. The molecule has 0 aromatic rings. The third-order valence-electron chi connectivity index (χ3n) is 1.97. The van der Waals surface area contributed by atoms with Gasteiger partial charge in [-0.15, -0.1) is 13.2 Å². The summed E-state index contributed by atoms with van der Waals surface area (Å²) >= 11 is 0. The van der Waals surface area contributed by atoms with E-state index in [0.29, 0.717) is 12.8 Å². The molecule has 0 saturated carbocycles. The van der Waals surface area contributed by atoms with Gasteiger partial charge in [-0.3, -0.25) is 0 Å². The Morgan fingerprint density at radius 1 is 1.00 bits per heavy atom. The van der Waals surface area contributed by atoms with Crippen molar-refractivity contribution in [2.75, 3.05) is 13.2 Å². The summed E-state index contributed by atoms with van der Waals surface area (Å²) in [6.45, 7) is 7.65. The van der Waals surface area contributed by atoms with Crippen molar-refractivity contribution in [3.05, 3.63) is 25.3 Å². The normalized spacial score (nSPS) is 12.7. The summed E-state index contributed by atoms with van der Waals surface area (Å²) in [6, 6.07) is -0.566. The van der Waals surface area contributed by atoms with Crippen molar-refractivity contribution in [3.8, 4) is 0 Å². The molecule has 0 spiro atoms. The Kier molecular flexibility index (Phi) is 9.58. The number of hydrogen-bond donors (Lipinski definition) is 0. The topological polar surface area (TPSA) is 68.1 Å². The quantitative estimate of drug-likeness (QED) is 0.328. The average Bonchev–Trinajstić information content (AvgIpc) is 2.30. The maximum Gasteiger partial charge on any atom is 0.235 e. The summed E-state index contributed by atoms with van der Waals surface area (Å²) in [7, 11) is 0. The van der Waals surface area contributed by atoms with E-state index in [1.165, 1.54) is 12.2 Å². The van der Waals surface area contributed by atoms with Crippen molar-refractivity contribution >= 4 is 12.2 Å². The average molecular weight is 236 g/mol. The molecule has 2 unspecified atom stereocenters. The van der Waals surface area contributed by atoms with Gasteiger partial charge in [0.1, 0.15) is 0 Å². The Morgan fingerprint density at radius 3 is 1.71 bits per heavy atom. The second kappa shape index (κ2) is 10.7. The van der Waals surface area contributed by atoms with Gasteiger partial charge in [-0.1, -0.05) is 12.2 Å². The van der Waals surface area contributed by atoms with Gasteiger partial charge < -0.3 is 4.74 Å². The molecule has 92 valence electrons. The molecule has 0 aliphatic carbocycles. The summed E-state index contributed by atoms with van der Waals surface area (Å²) < 4.78 is 5.33. The molecular formula is C12H16N2O3. The first-order chi connectivity index (χ1) is 8.28. The number of ether oxygens (including phenoxy) is 1. The lowest BCUT2D eigenvalue weighted by molar-refractivity contribution is 0.110. The fraction of sp³-hybridized carbons (Fsp3) is 0.500. The van der Waals surface area contributed by atoms with E-state index >= 15 is 0 Å². The predicted molar refractivity (Wildman–Crippen MR) is 64.3 cm³/mol. The van der Waals surface area contributed by atoms with Gasteiger partial charge in [0, 0.05) is 0 Å². The fourth-order valence-corrected chi connectivity index (χ4v) is 1.19. The highest BCUT2D eigenvalue weighted by Crippen LogP contribution is 2.03. The van der Waals surface area contributed by atoms with Gasteiger partial charge >= 0.3 is 0 Å². The Bertz CT molecular complexity index is 297. The van der Waals surface area contributed by atoms with Crippen molar-refractivity contribution in [2.45, 2.75) is 24.9 Å². The van der Waals surface area contributed by atoms with E-state index < -0.39 is 0 Å². The summed E-state index contributed by atoms with van der Waals surface area (Å²) in [5.41, 5.74) is 0. The number of nitrogens with zero attached hydrogens (tertiary/aromatic N) is 2. The number of carbonyl (C=O) groups excluding carboxylic acids is 2. The standard InChI is InChI=1S/C12H16N2O3/c1-3-5-11(13-9-15)7-17-8-12(6-4-2)14-10-16/h3-4,11-12H,1-2,5-8H2. The molecule has 0 saturated heterocycles. The highest BCUT2D eigenvalue weighted by Gasteiger charge is 2.08. The van der Waals surface area contributed by atoms with Crippen LogP contribution in [0.25, 0.3) is 0 Å². The maximum absolute atomic E-state index is 10.1. The molecule has 0 fully saturated rings. The summed E-state index contributed by atoms with van der Waals surface area (Å²) in [5.74, 6) is 0. The number of isocyanates is 2. The van der Waals surface area contributed by atoms with Crippen molar-refractivity contribution in [1.29, 1.82) is 0 Å². The van der Waals surface area contributed by atoms with Gasteiger partial charge in [0.05, 0.1) is 25.3 Å². The number of hydrogen-bond acceptors (Lipinski definition) is 5. The third kappa shape index (κ3) is 8.05. The predicted octanol–water partition coefficient (Wildman–Crippen LogP) is 1.56. The minimum Gasteiger partial charge on any atom is -0.377 e. The molecule has 5 nitrogen and oxygen atoms in total. The highest BCUT2D eigenvalue weighted by molar-refractivity contribution is 5.34. The lowest BCUT2D eigenvalue weighted by atomic mass is 10.2. The van der Waals surface area contributed by atoms with E-state index in [2.05, 4.69) is 23.1 Å². The molecule has 0 heterocycles. The van der Waals surface area contributed by atoms with Crippen LogP contribution in [0.2, 0.25) is 0 Å². The van der Waals surface area contributed by atoms with Crippen LogP contribution in [0, 0.1) is 0 Å². The summed E-state index contributed by atoms with van der Waals surface area (Å²) in [4.78, 5) is 27.4. The van der Waals surface area contributed by atoms with Crippen LogP contribution in [0.1, 0.15) is 12.8 Å². The lowest BCUT2D eigenvalue weighted by Gasteiger charge is -2.12. The molecule has 0 aromatic heterocycles. The number of aliphatic imine (C=N–C) groups is 2. The van der Waals surface area contributed by atoms with Crippen molar-refractivity contribution in [1.82, 2.24) is 0 Å². The molecule has 2 atom stereocenters. The van der Waals surface area contributed by atoms with Crippen LogP contribution in [0.3, 0.4) is 0 Å². The smallest absolute Gasteiger partial charge is 0.235 e. The second-order valence-corrected chi connectivity index (χ2v) is 3.33. The Labute approximate surface area is 101 Å². The first kappa shape index (κ1) is 15.2. The molecule has 0 radical (unpaired) electrons. The van der Waals surface area contributed by atoms with E-state index in [1.807, 2.05) is 0 Å². The zero-order valence-electron chi connectivity index (χ0n) is 9.67. The van der Waals surface area contributed by atoms with Crippen LogP contribution >= 0.6 is 0 Å². The zero-order chi connectivity index (χ0) is 12.9. The van der Waals surface area contributed by atoms with Gasteiger partial charge in [-0.05, 0) is 12.8 Å². The van der Waals surface area contributed by atoms with E-state index in [1.54, 1.807) is 12.2 Å². The first-order valence-electron chi connectivity index (χ1n) is 5.22. The maximum atomic E-state index is 10.1. The SMILES string of the molecule is C=CCC(COCC(CC=C)N=C=O)N=C=O. The van der Waals surface area contributed by atoms with Gasteiger partial charge in [-0.25, -0.2) is 9.59 Å². The monoisotopic (exact) mass is 236 g/mol. The Hall–Kier alpha value is -1.80. The molecule has 0 N–H and O–H groups in total. The van der Waals surface area contributed by atoms with E-state index in [4.69, 9.17) is 4.74 Å². The molecule has 0 aliphatic rings. The largest absolute Gasteiger partial charge is 0.377 e. The first-order valence-corrected chi connectivity index (χ1v) is 5.22. The molecule has 0 rings (SSSR count). The molecular weight excluding hydrogens is 220 g/mol. The van der Waals surface area contributed by atoms with E-state index in [-0.39, 0.29) is 25.3 Å². The van der Waals surface area contributed by atoms with Crippen molar-refractivity contribution in [2.24, 2.45) is 9.98 Å². The van der Waals surface area contributed by atoms with Crippen LogP contribution in [0.15, 0.2) is 35.3 Å². The highest BCUT2D eigenvalue weighted by atomic mass is 16.5. The van der Waals surface area contributed by atoms with Crippen LogP contribution in [-0.4, -0.2) is 37.5 Å². The fourth-order valence-electron chi connectivity index (χ4n) is 1.19. The van der Waals surface area contributed by atoms with Gasteiger partial charge in [-0.2, -0.15) is 9.98 Å². The van der Waals surface area contributed by atoms with Gasteiger partial charge in [0.25, 0.3) is 0 Å². The van der Waals surface area contributed by atoms with Crippen LogP contribution in [0.4, 0.5) is 0 Å². The van der Waals surface area contributed by atoms with Crippen LogP contribution in [-0.2, 0) is 14.3 Å². The Morgan fingerprint density at radius 2 is 1.41 bits per heavy atom. The van der Waals surface area contributed by atoms with Gasteiger partial charge in [0.2, 0.25) is 12.2 Å². The molecule has 0 amide bonds. The minimum absolute atomic E-state index is 0.267. The number of rotatable bonds is 10. The van der Waals surface area contributed by atoms with Crippen LogP contribution in [0.5, 0.6) is 0 Å².